The van der Waals surface area contributed by atoms with Crippen molar-refractivity contribution in [1.82, 2.24) is 15.0 Å². The van der Waals surface area contributed by atoms with Gasteiger partial charge in [-0.1, -0.05) is 172 Å². The molecule has 0 spiro atoms. The van der Waals surface area contributed by atoms with Crippen molar-refractivity contribution >= 4 is 21.9 Å². The van der Waals surface area contributed by atoms with E-state index >= 15 is 0 Å². The minimum Gasteiger partial charge on any atom is -0.455 e. The molecule has 2 heterocycles. The molecule has 0 saturated carbocycles. The number of hydrogen-bond acceptors (Lipinski definition) is 4. The quantitative estimate of drug-likeness (QED) is 0.178. The number of nitrogens with zero attached hydrogens (tertiary/aromatic N) is 3. The van der Waals surface area contributed by atoms with E-state index < -0.39 is 0 Å². The molecule has 8 aromatic rings. The number of hydrogen-bond donors (Lipinski definition) is 0. The van der Waals surface area contributed by atoms with E-state index in [0.29, 0.717) is 17.5 Å². The van der Waals surface area contributed by atoms with Crippen LogP contribution >= 0.6 is 0 Å². The van der Waals surface area contributed by atoms with Gasteiger partial charge in [-0.25, -0.2) is 15.0 Å². The highest BCUT2D eigenvalue weighted by Crippen LogP contribution is 2.47. The van der Waals surface area contributed by atoms with Gasteiger partial charge in [-0.2, -0.15) is 0 Å². The summed E-state index contributed by atoms with van der Waals surface area (Å²) in [6.45, 7) is 20.5. The largest absolute Gasteiger partial charge is 0.455 e. The Morgan fingerprint density at radius 1 is 0.382 bits per heavy atom. The second kappa shape index (κ2) is 13.5. The average molecular weight is 720 g/mol. The molecule has 0 aliphatic carbocycles. The Bertz CT molecular complexity index is 2610. The van der Waals surface area contributed by atoms with Crippen molar-refractivity contribution in [3.8, 4) is 56.4 Å². The third kappa shape index (κ3) is 6.98. The molecular weight excluding hydrogens is 671 g/mol. The van der Waals surface area contributed by atoms with Gasteiger partial charge in [0.2, 0.25) is 0 Å². The van der Waals surface area contributed by atoms with Crippen LogP contribution in [0.4, 0.5) is 0 Å². The van der Waals surface area contributed by atoms with Crippen molar-refractivity contribution in [2.75, 3.05) is 0 Å². The molecule has 0 atom stereocenters. The zero-order valence-corrected chi connectivity index (χ0v) is 33.5. The van der Waals surface area contributed by atoms with Gasteiger partial charge in [0.05, 0.1) is 0 Å². The van der Waals surface area contributed by atoms with Crippen LogP contribution in [0.5, 0.6) is 0 Å². The molecule has 0 fully saturated rings. The zero-order valence-electron chi connectivity index (χ0n) is 33.5. The minimum absolute atomic E-state index is 0.0500. The van der Waals surface area contributed by atoms with E-state index in [1.807, 2.05) is 36.4 Å². The van der Waals surface area contributed by atoms with Crippen LogP contribution in [0.15, 0.2) is 138 Å². The van der Waals surface area contributed by atoms with E-state index in [2.05, 4.69) is 159 Å². The van der Waals surface area contributed by atoms with E-state index in [-0.39, 0.29) is 16.2 Å². The number of fused-ring (bicyclic) bond motifs is 3. The zero-order chi connectivity index (χ0) is 38.7. The van der Waals surface area contributed by atoms with E-state index in [9.17, 15) is 0 Å². The summed E-state index contributed by atoms with van der Waals surface area (Å²) in [5.41, 5.74) is 12.5. The lowest BCUT2D eigenvalue weighted by Gasteiger charge is -2.25. The van der Waals surface area contributed by atoms with Crippen LogP contribution in [-0.4, -0.2) is 15.0 Å². The number of aromatic nitrogens is 3. The van der Waals surface area contributed by atoms with Crippen molar-refractivity contribution in [2.45, 2.75) is 78.6 Å². The average Bonchev–Trinajstić information content (AvgIpc) is 3.56. The molecule has 0 unspecified atom stereocenters. The molecule has 8 rings (SSSR count). The topological polar surface area (TPSA) is 51.8 Å². The highest BCUT2D eigenvalue weighted by atomic mass is 16.3. The lowest BCUT2D eigenvalue weighted by molar-refractivity contribution is 0.550. The van der Waals surface area contributed by atoms with Crippen molar-refractivity contribution in [1.29, 1.82) is 0 Å². The number of furan rings is 1. The van der Waals surface area contributed by atoms with Gasteiger partial charge in [0.15, 0.2) is 17.5 Å². The van der Waals surface area contributed by atoms with Crippen LogP contribution < -0.4 is 0 Å². The second-order valence-electron chi connectivity index (χ2n) is 17.8. The summed E-state index contributed by atoms with van der Waals surface area (Å²) < 4.78 is 7.12. The first-order valence-corrected chi connectivity index (χ1v) is 19.3. The highest BCUT2D eigenvalue weighted by molar-refractivity contribution is 6.15. The molecule has 4 nitrogen and oxygen atoms in total. The van der Waals surface area contributed by atoms with Crippen LogP contribution in [0, 0.1) is 0 Å². The van der Waals surface area contributed by atoms with Gasteiger partial charge in [-0.3, -0.25) is 0 Å². The van der Waals surface area contributed by atoms with E-state index in [4.69, 9.17) is 19.4 Å². The molecule has 0 N–H and O–H groups in total. The fourth-order valence-electron chi connectivity index (χ4n) is 7.45. The van der Waals surface area contributed by atoms with Gasteiger partial charge < -0.3 is 4.42 Å². The molecule has 0 aliphatic heterocycles. The summed E-state index contributed by atoms with van der Waals surface area (Å²) in [5, 5.41) is 2.29. The fraction of sp³-hybridized carbons (Fsp3) is 0.235. The predicted octanol–water partition coefficient (Wildman–Crippen LogP) is 14.0. The van der Waals surface area contributed by atoms with Crippen molar-refractivity contribution in [3.05, 3.63) is 150 Å². The molecular formula is C51H49N3O. The molecule has 0 amide bonds. The summed E-state index contributed by atoms with van der Waals surface area (Å²) in [4.78, 5) is 15.3. The Labute approximate surface area is 325 Å². The van der Waals surface area contributed by atoms with Crippen LogP contribution in [0.2, 0.25) is 0 Å². The maximum absolute atomic E-state index is 7.12. The monoisotopic (exact) mass is 719 g/mol. The summed E-state index contributed by atoms with van der Waals surface area (Å²) in [5.74, 6) is 1.90. The number of rotatable bonds is 5. The Morgan fingerprint density at radius 3 is 1.36 bits per heavy atom. The Kier molecular flexibility index (Phi) is 8.84. The van der Waals surface area contributed by atoms with Gasteiger partial charge in [0, 0.05) is 38.6 Å². The van der Waals surface area contributed by atoms with Crippen molar-refractivity contribution in [2.24, 2.45) is 0 Å². The predicted molar refractivity (Wildman–Crippen MR) is 230 cm³/mol. The Balaban J connectivity index is 1.46. The second-order valence-corrected chi connectivity index (χ2v) is 17.8. The molecule has 0 aliphatic rings. The molecule has 2 aromatic heterocycles. The smallest absolute Gasteiger partial charge is 0.164 e. The van der Waals surface area contributed by atoms with Crippen LogP contribution in [-0.2, 0) is 16.2 Å². The molecule has 55 heavy (non-hydrogen) atoms. The van der Waals surface area contributed by atoms with Crippen LogP contribution in [0.1, 0.15) is 79.0 Å². The lowest BCUT2D eigenvalue weighted by atomic mass is 9.79. The number of benzene rings is 6. The van der Waals surface area contributed by atoms with Crippen LogP contribution in [0.25, 0.3) is 78.4 Å². The van der Waals surface area contributed by atoms with E-state index in [1.54, 1.807) is 0 Å². The SMILES string of the molecule is CC(C)(C)c1cc(C(C)(C)C)c2oc3c(C(C)(C)C)ccc(-c4cc(-c5ccccc5)cc(-c5nc(-c6ccccc6)nc(-c6ccccc6)n5)c4)c3c2c1. The van der Waals surface area contributed by atoms with E-state index in [0.717, 1.165) is 60.9 Å². The summed E-state index contributed by atoms with van der Waals surface area (Å²) in [6, 6.07) is 46.9. The first-order chi connectivity index (χ1) is 26.1. The maximum atomic E-state index is 7.12. The summed E-state index contributed by atoms with van der Waals surface area (Å²) in [6.07, 6.45) is 0. The highest BCUT2D eigenvalue weighted by Gasteiger charge is 2.29. The third-order valence-electron chi connectivity index (χ3n) is 10.5. The van der Waals surface area contributed by atoms with Crippen molar-refractivity contribution < 1.29 is 4.42 Å². The normalized spacial score (nSPS) is 12.5. The van der Waals surface area contributed by atoms with Gasteiger partial charge in [-0.05, 0) is 68.3 Å². The lowest BCUT2D eigenvalue weighted by Crippen LogP contribution is -2.16. The van der Waals surface area contributed by atoms with Gasteiger partial charge in [0.25, 0.3) is 0 Å². The standard InChI is InChI=1S/C51H49N3O/c1-49(2,3)38-30-40-43-39(25-26-41(50(4,5)6)45(43)55-44(40)42(31-38)51(7,8)9)36-27-35(32-19-13-10-14-20-32)28-37(29-36)48-53-46(33-21-15-11-16-22-33)52-47(54-48)34-23-17-12-18-24-34/h10-31H,1-9H3. The molecule has 0 radical (unpaired) electrons. The third-order valence-corrected chi connectivity index (χ3v) is 10.5. The first kappa shape index (κ1) is 36.1. The minimum atomic E-state index is -0.136. The molecule has 274 valence electrons. The Morgan fingerprint density at radius 2 is 0.855 bits per heavy atom. The molecule has 0 bridgehead atoms. The maximum Gasteiger partial charge on any atom is 0.164 e. The Hall–Kier alpha value is -5.87. The van der Waals surface area contributed by atoms with Gasteiger partial charge in [-0.15, -0.1) is 0 Å². The summed E-state index contributed by atoms with van der Waals surface area (Å²) in [7, 11) is 0. The molecule has 4 heteroatoms. The molecule has 0 saturated heterocycles. The summed E-state index contributed by atoms with van der Waals surface area (Å²) >= 11 is 0. The van der Waals surface area contributed by atoms with Gasteiger partial charge in [0.1, 0.15) is 11.2 Å². The van der Waals surface area contributed by atoms with Gasteiger partial charge >= 0.3 is 0 Å². The molecule has 6 aromatic carbocycles. The first-order valence-electron chi connectivity index (χ1n) is 19.3. The van der Waals surface area contributed by atoms with E-state index in [1.165, 1.54) is 16.7 Å². The fourth-order valence-corrected chi connectivity index (χ4v) is 7.45. The van der Waals surface area contributed by atoms with Crippen LogP contribution in [0.3, 0.4) is 0 Å². The van der Waals surface area contributed by atoms with Crippen molar-refractivity contribution in [3.63, 3.8) is 0 Å².